The maximum atomic E-state index is 13.6. The Kier molecular flexibility index (Phi) is 7.37. The van der Waals surface area contributed by atoms with E-state index in [1.165, 1.54) is 11.1 Å². The summed E-state index contributed by atoms with van der Waals surface area (Å²) in [5.74, 6) is 2.07. The van der Waals surface area contributed by atoms with Gasteiger partial charge in [0.2, 0.25) is 11.8 Å². The second-order valence-electron chi connectivity index (χ2n) is 9.52. The Morgan fingerprint density at radius 3 is 2.61 bits per heavy atom. The number of ether oxygens (including phenoxy) is 1. The van der Waals surface area contributed by atoms with Crippen LogP contribution in [-0.2, 0) is 16.0 Å². The summed E-state index contributed by atoms with van der Waals surface area (Å²) in [4.78, 5) is 30.5. The molecular formula is C25H37ClN2O3. The summed E-state index contributed by atoms with van der Waals surface area (Å²) in [6.07, 6.45) is 4.49. The van der Waals surface area contributed by atoms with E-state index in [1.54, 1.807) is 12.0 Å². The summed E-state index contributed by atoms with van der Waals surface area (Å²) in [7, 11) is 1.71. The number of fused-ring (bicyclic) bond motifs is 5. The minimum Gasteiger partial charge on any atom is -0.497 e. The number of imide groups is 1. The molecule has 0 bridgehead atoms. The first-order chi connectivity index (χ1) is 14.4. The van der Waals surface area contributed by atoms with Gasteiger partial charge in [0, 0.05) is 19.5 Å². The van der Waals surface area contributed by atoms with Gasteiger partial charge >= 0.3 is 0 Å². The molecule has 5 nitrogen and oxygen atoms in total. The average Bonchev–Trinajstić information content (AvgIpc) is 2.76. The molecule has 0 N–H and O–H groups in total. The van der Waals surface area contributed by atoms with E-state index in [-0.39, 0.29) is 30.1 Å². The van der Waals surface area contributed by atoms with Gasteiger partial charge in [0.25, 0.3) is 0 Å². The minimum atomic E-state index is -0.400. The number of halogens is 1. The molecule has 1 aromatic carbocycles. The number of aryl methyl sites for hydroxylation is 1. The monoisotopic (exact) mass is 448 g/mol. The lowest BCUT2D eigenvalue weighted by Crippen LogP contribution is -2.60. The fraction of sp³-hybridized carbons (Fsp3) is 0.680. The zero-order chi connectivity index (χ0) is 21.5. The third-order valence-corrected chi connectivity index (χ3v) is 8.29. The number of amides is 2. The number of likely N-dealkylation sites (tertiary alicyclic amines) is 1. The van der Waals surface area contributed by atoms with Crippen LogP contribution in [0, 0.1) is 17.3 Å². The van der Waals surface area contributed by atoms with E-state index < -0.39 is 5.41 Å². The van der Waals surface area contributed by atoms with Gasteiger partial charge in [0.1, 0.15) is 5.75 Å². The normalized spacial score (nSPS) is 29.7. The summed E-state index contributed by atoms with van der Waals surface area (Å²) in [6.45, 7) is 9.57. The van der Waals surface area contributed by atoms with Crippen LogP contribution >= 0.6 is 12.4 Å². The lowest BCUT2D eigenvalue weighted by Gasteiger charge is -2.54. The number of hydrogen-bond acceptors (Lipinski definition) is 4. The number of carbonyl (C=O) groups excluding carboxylic acids is 2. The van der Waals surface area contributed by atoms with Crippen molar-refractivity contribution in [1.29, 1.82) is 0 Å². The van der Waals surface area contributed by atoms with E-state index >= 15 is 0 Å². The van der Waals surface area contributed by atoms with Crippen molar-refractivity contribution in [2.75, 3.05) is 33.3 Å². The Morgan fingerprint density at radius 2 is 1.94 bits per heavy atom. The van der Waals surface area contributed by atoms with Crippen LogP contribution in [0.15, 0.2) is 18.2 Å². The van der Waals surface area contributed by atoms with E-state index in [0.717, 1.165) is 51.1 Å². The molecule has 3 aliphatic rings. The van der Waals surface area contributed by atoms with E-state index in [0.29, 0.717) is 24.8 Å². The fourth-order valence-electron chi connectivity index (χ4n) is 6.38. The SMILES string of the molecule is CCN(CC)CCN1C(=O)CC2[C@@H]3CCc4cc(OC)ccc4C3CC[C@]2(C)C1=O.Cl. The highest BCUT2D eigenvalue weighted by Crippen LogP contribution is 2.58. The fourth-order valence-corrected chi connectivity index (χ4v) is 6.38. The molecule has 2 amide bonds. The Labute approximate surface area is 192 Å². The van der Waals surface area contributed by atoms with Gasteiger partial charge < -0.3 is 9.64 Å². The third-order valence-electron chi connectivity index (χ3n) is 8.29. The van der Waals surface area contributed by atoms with Crippen molar-refractivity contribution in [2.45, 2.75) is 58.8 Å². The van der Waals surface area contributed by atoms with Crippen molar-refractivity contribution in [3.63, 3.8) is 0 Å². The van der Waals surface area contributed by atoms with Crippen LogP contribution in [-0.4, -0.2) is 54.9 Å². The zero-order valence-electron chi connectivity index (χ0n) is 19.4. The first kappa shape index (κ1) is 24.1. The van der Waals surface area contributed by atoms with Gasteiger partial charge in [-0.25, -0.2) is 0 Å². The van der Waals surface area contributed by atoms with Crippen molar-refractivity contribution >= 4 is 24.2 Å². The Balaban J connectivity index is 0.00000272. The van der Waals surface area contributed by atoms with Crippen LogP contribution < -0.4 is 4.74 Å². The van der Waals surface area contributed by atoms with Crippen LogP contribution in [0.5, 0.6) is 5.75 Å². The molecule has 1 saturated heterocycles. The molecule has 1 saturated carbocycles. The molecule has 6 heteroatoms. The quantitative estimate of drug-likeness (QED) is 0.609. The van der Waals surface area contributed by atoms with Gasteiger partial charge in [-0.2, -0.15) is 0 Å². The number of likely N-dealkylation sites (N-methyl/N-ethyl adjacent to an activating group) is 1. The van der Waals surface area contributed by atoms with Crippen molar-refractivity contribution in [2.24, 2.45) is 17.3 Å². The highest BCUT2D eigenvalue weighted by molar-refractivity contribution is 6.01. The van der Waals surface area contributed by atoms with Crippen molar-refractivity contribution in [3.8, 4) is 5.75 Å². The Hall–Kier alpha value is -1.59. The largest absolute Gasteiger partial charge is 0.497 e. The van der Waals surface area contributed by atoms with Gasteiger partial charge in [-0.05, 0) is 79.8 Å². The number of nitrogens with zero attached hydrogens (tertiary/aromatic N) is 2. The Bertz CT molecular complexity index is 825. The second kappa shape index (κ2) is 9.50. The molecule has 0 radical (unpaired) electrons. The molecule has 1 aromatic rings. The van der Waals surface area contributed by atoms with Crippen LogP contribution in [0.3, 0.4) is 0 Å². The first-order valence-corrected chi connectivity index (χ1v) is 11.7. The van der Waals surface area contributed by atoms with Gasteiger partial charge in [0.05, 0.1) is 12.5 Å². The lowest BCUT2D eigenvalue weighted by molar-refractivity contribution is -0.167. The van der Waals surface area contributed by atoms with Crippen LogP contribution in [0.2, 0.25) is 0 Å². The number of piperidine rings is 1. The first-order valence-electron chi connectivity index (χ1n) is 11.7. The highest BCUT2D eigenvalue weighted by Gasteiger charge is 2.57. The maximum Gasteiger partial charge on any atom is 0.235 e. The molecule has 1 aliphatic heterocycles. The highest BCUT2D eigenvalue weighted by atomic mass is 35.5. The van der Waals surface area contributed by atoms with E-state index in [1.807, 2.05) is 0 Å². The molecule has 4 atom stereocenters. The minimum absolute atomic E-state index is 0. The van der Waals surface area contributed by atoms with Crippen molar-refractivity contribution in [1.82, 2.24) is 9.80 Å². The number of rotatable bonds is 6. The van der Waals surface area contributed by atoms with Crippen molar-refractivity contribution in [3.05, 3.63) is 29.3 Å². The molecule has 0 aromatic heterocycles. The standard InChI is InChI=1S/C25H36N2O3.ClH/c1-5-26(6-2)13-14-27-23(28)16-22-21-9-7-17-15-18(30-4)8-10-19(17)20(21)11-12-25(22,3)24(27)29;/h8,10,15,20-22H,5-7,9,11-14,16H2,1-4H3;1H/t20?,21-,22?,25+;/m1./s1. The zero-order valence-corrected chi connectivity index (χ0v) is 20.2. The smallest absolute Gasteiger partial charge is 0.235 e. The van der Waals surface area contributed by atoms with Crippen LogP contribution in [0.1, 0.15) is 63.5 Å². The van der Waals surface area contributed by atoms with E-state index in [4.69, 9.17) is 4.74 Å². The molecule has 0 spiro atoms. The summed E-state index contributed by atoms with van der Waals surface area (Å²) < 4.78 is 5.42. The summed E-state index contributed by atoms with van der Waals surface area (Å²) in [5.41, 5.74) is 2.40. The van der Waals surface area contributed by atoms with E-state index in [2.05, 4.69) is 43.9 Å². The Morgan fingerprint density at radius 1 is 1.19 bits per heavy atom. The second-order valence-corrected chi connectivity index (χ2v) is 9.52. The summed E-state index contributed by atoms with van der Waals surface area (Å²) in [6, 6.07) is 6.45. The molecule has 2 fully saturated rings. The number of carbonyl (C=O) groups is 2. The molecule has 2 unspecified atom stereocenters. The molecular weight excluding hydrogens is 412 g/mol. The van der Waals surface area contributed by atoms with Gasteiger partial charge in [0.15, 0.2) is 0 Å². The maximum absolute atomic E-state index is 13.6. The average molecular weight is 449 g/mol. The van der Waals surface area contributed by atoms with Crippen molar-refractivity contribution < 1.29 is 14.3 Å². The number of benzene rings is 1. The topological polar surface area (TPSA) is 49.9 Å². The number of hydrogen-bond donors (Lipinski definition) is 0. The molecule has 1 heterocycles. The lowest BCUT2D eigenvalue weighted by atomic mass is 9.52. The van der Waals surface area contributed by atoms with E-state index in [9.17, 15) is 9.59 Å². The molecule has 4 rings (SSSR count). The van der Waals surface area contributed by atoms with Gasteiger partial charge in [-0.15, -0.1) is 12.4 Å². The summed E-state index contributed by atoms with van der Waals surface area (Å²) in [5, 5.41) is 0. The molecule has 172 valence electrons. The van der Waals surface area contributed by atoms with Crippen LogP contribution in [0.25, 0.3) is 0 Å². The van der Waals surface area contributed by atoms with Gasteiger partial charge in [-0.3, -0.25) is 14.5 Å². The third kappa shape index (κ3) is 4.11. The predicted octanol–water partition coefficient (Wildman–Crippen LogP) is 4.28. The number of methoxy groups -OCH3 is 1. The molecule has 2 aliphatic carbocycles. The molecule has 31 heavy (non-hydrogen) atoms. The predicted molar refractivity (Wildman–Crippen MR) is 125 cm³/mol. The summed E-state index contributed by atoms with van der Waals surface area (Å²) >= 11 is 0. The van der Waals surface area contributed by atoms with Crippen LogP contribution in [0.4, 0.5) is 0 Å². The van der Waals surface area contributed by atoms with Gasteiger partial charge in [-0.1, -0.05) is 26.8 Å².